The number of esters is 3. The average molecular weight is 1020 g/mol. The molecular weight excluding hydrogens is 889 g/mol. The zero-order valence-electron chi connectivity index (χ0n) is 49.0. The predicted octanol–water partition coefficient (Wildman–Crippen LogP) is 22.1. The van der Waals surface area contributed by atoms with E-state index < -0.39 is 6.10 Å². The van der Waals surface area contributed by atoms with Crippen LogP contribution in [-0.2, 0) is 28.6 Å². The molecule has 6 nitrogen and oxygen atoms in total. The zero-order valence-corrected chi connectivity index (χ0v) is 49.0. The van der Waals surface area contributed by atoms with Crippen LogP contribution in [-0.4, -0.2) is 37.2 Å². The van der Waals surface area contributed by atoms with Crippen LogP contribution in [0.1, 0.15) is 374 Å². The second kappa shape index (κ2) is 61.7. The number of carbonyl (C=O) groups excluding carboxylic acids is 3. The first kappa shape index (κ1) is 70.1. The Morgan fingerprint density at radius 1 is 0.264 bits per heavy atom. The van der Waals surface area contributed by atoms with Gasteiger partial charge < -0.3 is 14.2 Å². The molecule has 0 saturated carbocycles. The Bertz CT molecular complexity index is 1120. The summed E-state index contributed by atoms with van der Waals surface area (Å²) in [6.45, 7) is 6.61. The van der Waals surface area contributed by atoms with E-state index in [1.807, 2.05) is 0 Å². The van der Waals surface area contributed by atoms with Gasteiger partial charge in [-0.25, -0.2) is 0 Å². The van der Waals surface area contributed by atoms with Crippen molar-refractivity contribution < 1.29 is 28.6 Å². The highest BCUT2D eigenvalue weighted by atomic mass is 16.6. The topological polar surface area (TPSA) is 78.9 Å². The van der Waals surface area contributed by atoms with Gasteiger partial charge in [0.15, 0.2) is 6.10 Å². The summed E-state index contributed by atoms with van der Waals surface area (Å²) in [5.74, 6) is -0.869. The number of unbranched alkanes of at least 4 members (excludes halogenated alkanes) is 48. The number of hydrogen-bond donors (Lipinski definition) is 0. The summed E-state index contributed by atoms with van der Waals surface area (Å²) in [5, 5.41) is 0. The van der Waals surface area contributed by atoms with E-state index in [1.54, 1.807) is 0 Å². The number of ether oxygens (including phenoxy) is 3. The van der Waals surface area contributed by atoms with Gasteiger partial charge in [-0.3, -0.25) is 14.4 Å². The number of rotatable bonds is 61. The van der Waals surface area contributed by atoms with E-state index >= 15 is 0 Å². The summed E-state index contributed by atoms with van der Waals surface area (Å²) in [4.78, 5) is 37.8. The Hall–Kier alpha value is -1.85. The molecule has 0 saturated heterocycles. The lowest BCUT2D eigenvalue weighted by atomic mass is 10.0. The average Bonchev–Trinajstić information content (AvgIpc) is 3.38. The van der Waals surface area contributed by atoms with Gasteiger partial charge in [0.05, 0.1) is 0 Å². The minimum Gasteiger partial charge on any atom is -0.462 e. The van der Waals surface area contributed by atoms with E-state index in [1.165, 1.54) is 263 Å². The van der Waals surface area contributed by atoms with Gasteiger partial charge in [-0.05, 0) is 44.9 Å². The standard InChI is InChI=1S/C66H126O6/c1-4-7-10-13-15-17-19-21-23-25-26-27-28-29-30-31-32-33-34-35-36-37-38-39-40-41-43-44-46-48-50-53-56-59-65(68)71-62-63(61-70-64(67)58-55-52-12-9-6-3)72-66(69)60-57-54-51-49-47-45-42-24-22-20-18-16-14-11-8-5-2/h24,42,63H,4-23,25-41,43-62H2,1-3H3/b42-24-. The van der Waals surface area contributed by atoms with Gasteiger partial charge in [-0.1, -0.05) is 322 Å². The van der Waals surface area contributed by atoms with Crippen LogP contribution in [0.15, 0.2) is 12.2 Å². The van der Waals surface area contributed by atoms with Crippen molar-refractivity contribution in [1.82, 2.24) is 0 Å². The molecule has 6 heteroatoms. The molecule has 426 valence electrons. The van der Waals surface area contributed by atoms with Crippen LogP contribution in [0.3, 0.4) is 0 Å². The first-order chi connectivity index (χ1) is 35.5. The highest BCUT2D eigenvalue weighted by Gasteiger charge is 2.19. The molecule has 0 spiro atoms. The van der Waals surface area contributed by atoms with E-state index in [9.17, 15) is 14.4 Å². The van der Waals surface area contributed by atoms with E-state index in [0.29, 0.717) is 19.3 Å². The largest absolute Gasteiger partial charge is 0.462 e. The van der Waals surface area contributed by atoms with Crippen molar-refractivity contribution in [3.05, 3.63) is 12.2 Å². The lowest BCUT2D eigenvalue weighted by molar-refractivity contribution is -0.167. The fourth-order valence-electron chi connectivity index (χ4n) is 10.1. The second-order valence-corrected chi connectivity index (χ2v) is 22.4. The minimum absolute atomic E-state index is 0.0690. The van der Waals surface area contributed by atoms with Gasteiger partial charge in [-0.15, -0.1) is 0 Å². The Kier molecular flexibility index (Phi) is 60.1. The molecule has 72 heavy (non-hydrogen) atoms. The number of allylic oxidation sites excluding steroid dienone is 2. The summed E-state index contributed by atoms with van der Waals surface area (Å²) < 4.78 is 16.7. The summed E-state index contributed by atoms with van der Waals surface area (Å²) >= 11 is 0. The van der Waals surface area contributed by atoms with Crippen molar-refractivity contribution in [2.24, 2.45) is 0 Å². The van der Waals surface area contributed by atoms with E-state index in [-0.39, 0.29) is 31.1 Å². The van der Waals surface area contributed by atoms with Crippen LogP contribution in [0.5, 0.6) is 0 Å². The van der Waals surface area contributed by atoms with Crippen molar-refractivity contribution in [2.45, 2.75) is 380 Å². The van der Waals surface area contributed by atoms with Crippen molar-refractivity contribution in [1.29, 1.82) is 0 Å². The number of hydrogen-bond acceptors (Lipinski definition) is 6. The molecule has 0 radical (unpaired) electrons. The lowest BCUT2D eigenvalue weighted by Gasteiger charge is -2.18. The Balaban J connectivity index is 3.85. The van der Waals surface area contributed by atoms with Crippen LogP contribution in [0.4, 0.5) is 0 Å². The molecule has 1 unspecified atom stereocenters. The molecular formula is C66H126O6. The molecule has 0 heterocycles. The summed E-state index contributed by atoms with van der Waals surface area (Å²) in [6, 6.07) is 0. The van der Waals surface area contributed by atoms with Crippen molar-refractivity contribution in [3.8, 4) is 0 Å². The predicted molar refractivity (Wildman–Crippen MR) is 312 cm³/mol. The van der Waals surface area contributed by atoms with Gasteiger partial charge in [0.1, 0.15) is 13.2 Å². The lowest BCUT2D eigenvalue weighted by Crippen LogP contribution is -2.30. The normalized spacial score (nSPS) is 12.0. The summed E-state index contributed by atoms with van der Waals surface area (Å²) in [6.07, 6.45) is 73.0. The Morgan fingerprint density at radius 2 is 0.458 bits per heavy atom. The first-order valence-electron chi connectivity index (χ1n) is 32.7. The van der Waals surface area contributed by atoms with Gasteiger partial charge >= 0.3 is 17.9 Å². The maximum Gasteiger partial charge on any atom is 0.306 e. The van der Waals surface area contributed by atoms with Crippen molar-refractivity contribution in [3.63, 3.8) is 0 Å². The fourth-order valence-corrected chi connectivity index (χ4v) is 10.1. The highest BCUT2D eigenvalue weighted by Crippen LogP contribution is 2.18. The summed E-state index contributed by atoms with van der Waals surface area (Å²) in [5.41, 5.74) is 0. The zero-order chi connectivity index (χ0) is 52.2. The van der Waals surface area contributed by atoms with Crippen LogP contribution in [0, 0.1) is 0 Å². The fraction of sp³-hybridized carbons (Fsp3) is 0.924. The van der Waals surface area contributed by atoms with Gasteiger partial charge in [0.2, 0.25) is 0 Å². The van der Waals surface area contributed by atoms with Crippen LogP contribution >= 0.6 is 0 Å². The molecule has 0 aliphatic heterocycles. The SMILES string of the molecule is CCCCCCCCC/C=C\CCCCCCCC(=O)OC(COC(=O)CCCCCCC)COC(=O)CCCCCCCCCCCCCCCCCCCCCCCCCCCCCCCCCCC. The molecule has 0 aromatic carbocycles. The molecule has 0 fully saturated rings. The quantitative estimate of drug-likeness (QED) is 0.0261. The van der Waals surface area contributed by atoms with Crippen LogP contribution in [0.25, 0.3) is 0 Å². The van der Waals surface area contributed by atoms with Crippen LogP contribution in [0.2, 0.25) is 0 Å². The van der Waals surface area contributed by atoms with Crippen LogP contribution < -0.4 is 0 Å². The van der Waals surface area contributed by atoms with Gasteiger partial charge in [0, 0.05) is 19.3 Å². The highest BCUT2D eigenvalue weighted by molar-refractivity contribution is 5.71. The molecule has 0 amide bonds. The molecule has 1 atom stereocenters. The maximum absolute atomic E-state index is 12.8. The maximum atomic E-state index is 12.8. The molecule has 0 bridgehead atoms. The molecule has 0 aromatic heterocycles. The third kappa shape index (κ3) is 59.0. The third-order valence-corrected chi connectivity index (χ3v) is 15.0. The van der Waals surface area contributed by atoms with Gasteiger partial charge in [-0.2, -0.15) is 0 Å². The molecule has 0 rings (SSSR count). The molecule has 0 N–H and O–H groups in total. The Labute approximate surface area is 450 Å². The Morgan fingerprint density at radius 3 is 0.694 bits per heavy atom. The van der Waals surface area contributed by atoms with Gasteiger partial charge in [0.25, 0.3) is 0 Å². The monoisotopic (exact) mass is 1010 g/mol. The smallest absolute Gasteiger partial charge is 0.306 e. The molecule has 0 aromatic rings. The third-order valence-electron chi connectivity index (χ3n) is 15.0. The van der Waals surface area contributed by atoms with E-state index in [4.69, 9.17) is 14.2 Å². The minimum atomic E-state index is -0.767. The van der Waals surface area contributed by atoms with E-state index in [0.717, 1.165) is 70.6 Å². The molecule has 0 aliphatic carbocycles. The van der Waals surface area contributed by atoms with Crippen molar-refractivity contribution in [2.75, 3.05) is 13.2 Å². The van der Waals surface area contributed by atoms with Crippen molar-refractivity contribution >= 4 is 17.9 Å². The summed E-state index contributed by atoms with van der Waals surface area (Å²) in [7, 11) is 0. The number of carbonyl (C=O) groups is 3. The first-order valence-corrected chi connectivity index (χ1v) is 32.7. The molecule has 0 aliphatic rings. The van der Waals surface area contributed by atoms with E-state index in [2.05, 4.69) is 32.9 Å². The second-order valence-electron chi connectivity index (χ2n) is 22.4.